The van der Waals surface area contributed by atoms with Gasteiger partial charge in [0.2, 0.25) is 5.41 Å². The fourth-order valence-electron chi connectivity index (χ4n) is 3.25. The van der Waals surface area contributed by atoms with Crippen molar-refractivity contribution in [2.75, 3.05) is 7.11 Å². The summed E-state index contributed by atoms with van der Waals surface area (Å²) in [7, 11) is 0.221. The number of halogens is 13. The lowest BCUT2D eigenvalue weighted by atomic mass is 9.72. The SMILES string of the molecule is COC(=O)[C@]1(C(F)(F)C(F)(F)C(F)(F)C(F)(F)C(F)(F)C(F)(F)F)Cc2ccccc2C1=O. The fraction of sp³-hybridized carbons (Fsp3) is 0.529. The van der Waals surface area contributed by atoms with Crippen LogP contribution < -0.4 is 0 Å². The van der Waals surface area contributed by atoms with Crippen LogP contribution in [0, 0.1) is 5.41 Å². The van der Waals surface area contributed by atoms with Crippen LogP contribution in [-0.4, -0.2) is 54.7 Å². The molecule has 0 aliphatic heterocycles. The van der Waals surface area contributed by atoms with E-state index < -0.39 is 70.5 Å². The Morgan fingerprint density at radius 1 is 0.788 bits per heavy atom. The summed E-state index contributed by atoms with van der Waals surface area (Å²) in [6, 6.07) is 3.42. The summed E-state index contributed by atoms with van der Waals surface area (Å²) in [5, 5.41) is 0. The van der Waals surface area contributed by atoms with Crippen LogP contribution in [0.15, 0.2) is 24.3 Å². The van der Waals surface area contributed by atoms with Crippen molar-refractivity contribution in [1.82, 2.24) is 0 Å². The number of benzene rings is 1. The smallest absolute Gasteiger partial charge is 0.460 e. The number of rotatable bonds is 6. The van der Waals surface area contributed by atoms with Gasteiger partial charge in [0.25, 0.3) is 0 Å². The molecule has 1 aliphatic carbocycles. The number of carbonyl (C=O) groups excluding carboxylic acids is 2. The number of Topliss-reactive ketones (excluding diaryl/α,β-unsaturated/α-hetero) is 1. The standard InChI is InChI=1S/C17H9F13O3/c1-33-10(32)11(6-7-4-2-3-5-8(7)9(11)31)12(18,19)13(20,21)14(22,23)15(24,25)16(26,27)17(28,29)30/h2-5H,6H2,1H3/t11-/m0/s1. The van der Waals surface area contributed by atoms with Crippen molar-refractivity contribution in [3.63, 3.8) is 0 Å². The van der Waals surface area contributed by atoms with Crippen molar-refractivity contribution in [1.29, 1.82) is 0 Å². The minimum atomic E-state index is -8.16. The molecule has 16 heteroatoms. The Morgan fingerprint density at radius 2 is 1.24 bits per heavy atom. The molecule has 33 heavy (non-hydrogen) atoms. The van der Waals surface area contributed by atoms with E-state index in [4.69, 9.17) is 0 Å². The first-order valence-corrected chi connectivity index (χ1v) is 8.26. The lowest BCUT2D eigenvalue weighted by Crippen LogP contribution is -2.74. The van der Waals surface area contributed by atoms with E-state index >= 15 is 0 Å². The average molecular weight is 508 g/mol. The zero-order chi connectivity index (χ0) is 26.1. The Bertz CT molecular complexity index is 967. The second-order valence-corrected chi connectivity index (χ2v) is 6.93. The average Bonchev–Trinajstić information content (AvgIpc) is 3.00. The summed E-state index contributed by atoms with van der Waals surface area (Å²) < 4.78 is 180. The van der Waals surface area contributed by atoms with Gasteiger partial charge in [0.1, 0.15) is 0 Å². The van der Waals surface area contributed by atoms with Crippen LogP contribution in [0.1, 0.15) is 15.9 Å². The first kappa shape index (κ1) is 26.7. The molecule has 0 fully saturated rings. The maximum atomic E-state index is 14.9. The maximum Gasteiger partial charge on any atom is 0.460 e. The summed E-state index contributed by atoms with van der Waals surface area (Å²) in [6.45, 7) is 0. The van der Waals surface area contributed by atoms with Gasteiger partial charge in [-0.2, -0.15) is 57.1 Å². The number of hydrogen-bond acceptors (Lipinski definition) is 3. The minimum Gasteiger partial charge on any atom is -0.468 e. The van der Waals surface area contributed by atoms with E-state index in [2.05, 4.69) is 4.74 Å². The van der Waals surface area contributed by atoms with Crippen LogP contribution in [0.4, 0.5) is 57.1 Å². The van der Waals surface area contributed by atoms with E-state index in [1.165, 1.54) is 0 Å². The van der Waals surface area contributed by atoms with E-state index in [1.807, 2.05) is 0 Å². The van der Waals surface area contributed by atoms with E-state index in [-0.39, 0.29) is 7.11 Å². The zero-order valence-corrected chi connectivity index (χ0v) is 15.7. The molecule has 0 aromatic heterocycles. The molecule has 0 spiro atoms. The van der Waals surface area contributed by atoms with Gasteiger partial charge in [0.15, 0.2) is 5.78 Å². The van der Waals surface area contributed by atoms with Crippen LogP contribution in [0.25, 0.3) is 0 Å². The highest BCUT2D eigenvalue weighted by molar-refractivity contribution is 6.17. The van der Waals surface area contributed by atoms with Gasteiger partial charge in [-0.1, -0.05) is 24.3 Å². The normalized spacial score (nSPS) is 20.6. The second kappa shape index (κ2) is 7.22. The number of hydrogen-bond donors (Lipinski definition) is 0. The van der Waals surface area contributed by atoms with Gasteiger partial charge in [0.05, 0.1) is 7.11 Å². The Kier molecular flexibility index (Phi) is 5.84. The van der Waals surface area contributed by atoms with Gasteiger partial charge in [-0.05, 0) is 5.56 Å². The highest BCUT2D eigenvalue weighted by Crippen LogP contribution is 2.64. The summed E-state index contributed by atoms with van der Waals surface area (Å²) in [6.07, 6.45) is -9.42. The van der Waals surface area contributed by atoms with Crippen molar-refractivity contribution in [2.45, 2.75) is 42.2 Å². The summed E-state index contributed by atoms with van der Waals surface area (Å²) >= 11 is 0. The molecule has 0 saturated carbocycles. The quantitative estimate of drug-likeness (QED) is 0.297. The van der Waals surface area contributed by atoms with Crippen molar-refractivity contribution >= 4 is 11.8 Å². The molecule has 2 rings (SSSR count). The van der Waals surface area contributed by atoms with Crippen molar-refractivity contribution in [3.8, 4) is 0 Å². The van der Waals surface area contributed by atoms with Crippen LogP contribution in [-0.2, 0) is 16.0 Å². The Labute approximate surface area is 174 Å². The number of carbonyl (C=O) groups is 2. The third kappa shape index (κ3) is 3.04. The molecular formula is C17H9F13O3. The van der Waals surface area contributed by atoms with E-state index in [0.29, 0.717) is 6.07 Å². The van der Waals surface area contributed by atoms with Gasteiger partial charge < -0.3 is 4.74 Å². The minimum absolute atomic E-state index is 0.221. The monoisotopic (exact) mass is 508 g/mol. The van der Waals surface area contributed by atoms with Gasteiger partial charge in [-0.25, -0.2) is 0 Å². The van der Waals surface area contributed by atoms with Gasteiger partial charge in [0, 0.05) is 12.0 Å². The topological polar surface area (TPSA) is 43.4 Å². The number of ether oxygens (including phenoxy) is 1. The molecule has 1 atom stereocenters. The molecule has 0 amide bonds. The van der Waals surface area contributed by atoms with Crippen molar-refractivity contribution < 1.29 is 71.4 Å². The molecule has 0 bridgehead atoms. The fourth-order valence-corrected chi connectivity index (χ4v) is 3.25. The van der Waals surface area contributed by atoms with E-state index in [1.54, 1.807) is 0 Å². The summed E-state index contributed by atoms with van der Waals surface area (Å²) in [4.78, 5) is 24.5. The molecular weight excluding hydrogens is 499 g/mol. The van der Waals surface area contributed by atoms with Crippen molar-refractivity contribution in [3.05, 3.63) is 35.4 Å². The summed E-state index contributed by atoms with van der Waals surface area (Å²) in [5.41, 5.74) is -6.25. The number of methoxy groups -OCH3 is 1. The number of alkyl halides is 13. The predicted molar refractivity (Wildman–Crippen MR) is 79.7 cm³/mol. The predicted octanol–water partition coefficient (Wildman–Crippen LogP) is 5.32. The lowest BCUT2D eigenvalue weighted by Gasteiger charge is -2.43. The number of esters is 1. The molecule has 0 saturated heterocycles. The molecule has 186 valence electrons. The Hall–Kier alpha value is -2.55. The van der Waals surface area contributed by atoms with Crippen LogP contribution in [0.5, 0.6) is 0 Å². The summed E-state index contributed by atoms with van der Waals surface area (Å²) in [5.74, 6) is -44.0. The van der Waals surface area contributed by atoms with E-state index in [9.17, 15) is 66.7 Å². The first-order chi connectivity index (χ1) is 14.6. The molecule has 1 aromatic carbocycles. The highest BCUT2D eigenvalue weighted by Gasteiger charge is 2.94. The number of ketones is 1. The molecule has 1 aliphatic rings. The van der Waals surface area contributed by atoms with Crippen molar-refractivity contribution in [2.24, 2.45) is 5.41 Å². The lowest BCUT2D eigenvalue weighted by molar-refractivity contribution is -0.444. The van der Waals surface area contributed by atoms with Gasteiger partial charge in [-0.15, -0.1) is 0 Å². The number of fused-ring (bicyclic) bond motifs is 1. The van der Waals surface area contributed by atoms with Gasteiger partial charge >= 0.3 is 41.8 Å². The second-order valence-electron chi connectivity index (χ2n) is 6.93. The maximum absolute atomic E-state index is 14.9. The first-order valence-electron chi connectivity index (χ1n) is 8.26. The highest BCUT2D eigenvalue weighted by atomic mass is 19.4. The Morgan fingerprint density at radius 3 is 1.67 bits per heavy atom. The van der Waals surface area contributed by atoms with Crippen LogP contribution in [0.2, 0.25) is 0 Å². The Balaban J connectivity index is 2.79. The molecule has 0 N–H and O–H groups in total. The molecule has 1 aromatic rings. The van der Waals surface area contributed by atoms with E-state index in [0.717, 1.165) is 18.2 Å². The molecule has 0 unspecified atom stereocenters. The molecule has 0 heterocycles. The van der Waals surface area contributed by atoms with Gasteiger partial charge in [-0.3, -0.25) is 9.59 Å². The molecule has 0 radical (unpaired) electrons. The zero-order valence-electron chi connectivity index (χ0n) is 15.7. The van der Waals surface area contributed by atoms with Crippen LogP contribution in [0.3, 0.4) is 0 Å². The third-order valence-corrected chi connectivity index (χ3v) is 5.11. The largest absolute Gasteiger partial charge is 0.468 e. The molecule has 3 nitrogen and oxygen atoms in total. The van der Waals surface area contributed by atoms with Crippen LogP contribution >= 0.6 is 0 Å². The third-order valence-electron chi connectivity index (χ3n) is 5.11.